The molecule has 2 aromatic carbocycles. The first-order valence-corrected chi connectivity index (χ1v) is 11.0. The first-order valence-electron chi connectivity index (χ1n) is 9.14. The molecule has 28 heavy (non-hydrogen) atoms. The molecule has 150 valence electrons. The van der Waals surface area contributed by atoms with Gasteiger partial charge in [0.15, 0.2) is 0 Å². The number of morpholine rings is 1. The van der Waals surface area contributed by atoms with E-state index in [2.05, 4.69) is 27.1 Å². The van der Waals surface area contributed by atoms with Crippen LogP contribution in [0, 0.1) is 0 Å². The number of para-hydroxylation sites is 1. The van der Waals surface area contributed by atoms with Gasteiger partial charge in [-0.1, -0.05) is 36.4 Å². The van der Waals surface area contributed by atoms with E-state index in [1.807, 2.05) is 12.1 Å². The fourth-order valence-electron chi connectivity index (χ4n) is 3.03. The normalized spacial score (nSPS) is 15.2. The molecule has 2 aromatic rings. The molecule has 0 radical (unpaired) electrons. The smallest absolute Gasteiger partial charge is 0.253 e. The Bertz CT molecular complexity index is 907. The van der Waals surface area contributed by atoms with Crippen LogP contribution in [0.4, 0.5) is 5.69 Å². The number of hydrogen-bond acceptors (Lipinski definition) is 5. The molecule has 1 aliphatic heterocycles. The van der Waals surface area contributed by atoms with Crippen molar-refractivity contribution in [2.75, 3.05) is 37.3 Å². The van der Waals surface area contributed by atoms with Crippen molar-refractivity contribution >= 4 is 21.6 Å². The van der Waals surface area contributed by atoms with Gasteiger partial charge in [0.1, 0.15) is 0 Å². The Morgan fingerprint density at radius 1 is 1.04 bits per heavy atom. The number of benzene rings is 2. The summed E-state index contributed by atoms with van der Waals surface area (Å²) in [5, 5.41) is 2.84. The molecule has 1 heterocycles. The first kappa shape index (κ1) is 20.3. The largest absolute Gasteiger partial charge is 0.379 e. The number of ether oxygens (including phenoxy) is 1. The summed E-state index contributed by atoms with van der Waals surface area (Å²) in [6.07, 6.45) is 1.06. The third kappa shape index (κ3) is 6.05. The van der Waals surface area contributed by atoms with Crippen LogP contribution >= 0.6 is 0 Å². The van der Waals surface area contributed by atoms with E-state index < -0.39 is 10.0 Å². The summed E-state index contributed by atoms with van der Waals surface area (Å²) < 4.78 is 30.7. The summed E-state index contributed by atoms with van der Waals surface area (Å²) in [6, 6.07) is 14.7. The Labute approximate surface area is 165 Å². The molecule has 0 atom stereocenters. The van der Waals surface area contributed by atoms with Gasteiger partial charge in [-0.3, -0.25) is 14.4 Å². The zero-order valence-corrected chi connectivity index (χ0v) is 16.7. The van der Waals surface area contributed by atoms with Gasteiger partial charge in [0.25, 0.3) is 5.91 Å². The molecule has 2 N–H and O–H groups in total. The highest BCUT2D eigenvalue weighted by atomic mass is 32.2. The summed E-state index contributed by atoms with van der Waals surface area (Å²) in [7, 11) is -3.46. The van der Waals surface area contributed by atoms with Gasteiger partial charge in [-0.05, 0) is 23.3 Å². The fourth-order valence-corrected chi connectivity index (χ4v) is 3.60. The molecule has 7 nitrogen and oxygen atoms in total. The minimum absolute atomic E-state index is 0.267. The predicted octanol–water partition coefficient (Wildman–Crippen LogP) is 1.82. The maximum atomic E-state index is 12.5. The van der Waals surface area contributed by atoms with Crippen LogP contribution in [-0.2, 0) is 27.8 Å². The molecule has 3 rings (SSSR count). The van der Waals surface area contributed by atoms with Crippen molar-refractivity contribution in [1.29, 1.82) is 0 Å². The van der Waals surface area contributed by atoms with Crippen molar-refractivity contribution in [3.63, 3.8) is 0 Å². The Balaban J connectivity index is 1.57. The Morgan fingerprint density at radius 3 is 2.36 bits per heavy atom. The molecule has 0 saturated carbocycles. The van der Waals surface area contributed by atoms with Crippen LogP contribution in [0.5, 0.6) is 0 Å². The van der Waals surface area contributed by atoms with Crippen LogP contribution in [0.25, 0.3) is 0 Å². The molecule has 0 unspecified atom stereocenters. The highest BCUT2D eigenvalue weighted by Crippen LogP contribution is 2.16. The topological polar surface area (TPSA) is 87.7 Å². The molecule has 8 heteroatoms. The minimum atomic E-state index is -3.46. The van der Waals surface area contributed by atoms with Gasteiger partial charge in [0.2, 0.25) is 10.0 Å². The van der Waals surface area contributed by atoms with Gasteiger partial charge < -0.3 is 10.1 Å². The molecule has 1 fully saturated rings. The number of nitrogens with one attached hydrogen (secondary N) is 2. The van der Waals surface area contributed by atoms with Gasteiger partial charge in [-0.2, -0.15) is 0 Å². The molecular weight excluding hydrogens is 378 g/mol. The van der Waals surface area contributed by atoms with E-state index in [1.165, 1.54) is 5.56 Å². The molecule has 1 amide bonds. The first-order chi connectivity index (χ1) is 13.4. The lowest BCUT2D eigenvalue weighted by atomic mass is 10.1. The van der Waals surface area contributed by atoms with Crippen molar-refractivity contribution in [2.24, 2.45) is 0 Å². The van der Waals surface area contributed by atoms with Crippen LogP contribution < -0.4 is 10.0 Å². The maximum Gasteiger partial charge on any atom is 0.253 e. The zero-order chi connectivity index (χ0) is 20.0. The molecule has 1 saturated heterocycles. The van der Waals surface area contributed by atoms with E-state index in [4.69, 9.17) is 4.74 Å². The Kier molecular flexibility index (Phi) is 6.66. The zero-order valence-electron chi connectivity index (χ0n) is 15.8. The molecule has 1 aliphatic rings. The number of carbonyl (C=O) groups is 1. The standard InChI is InChI=1S/C20H25N3O4S/c1-28(25,26)22-19-5-3-2-4-18(19)20(24)21-14-16-6-8-17(9-7-16)15-23-10-12-27-13-11-23/h2-9,22H,10-15H2,1H3,(H,21,24). The summed E-state index contributed by atoms with van der Waals surface area (Å²) >= 11 is 0. The average molecular weight is 404 g/mol. The van der Waals surface area contributed by atoms with Crippen molar-refractivity contribution in [3.8, 4) is 0 Å². The second-order valence-corrected chi connectivity index (χ2v) is 8.56. The molecule has 0 spiro atoms. The fraction of sp³-hybridized carbons (Fsp3) is 0.350. The summed E-state index contributed by atoms with van der Waals surface area (Å²) in [5.74, 6) is -0.329. The third-order valence-electron chi connectivity index (χ3n) is 4.45. The van der Waals surface area contributed by atoms with E-state index in [0.717, 1.165) is 44.7 Å². The van der Waals surface area contributed by atoms with Crippen LogP contribution in [0.3, 0.4) is 0 Å². The number of anilines is 1. The van der Waals surface area contributed by atoms with Gasteiger partial charge in [0, 0.05) is 26.2 Å². The van der Waals surface area contributed by atoms with Gasteiger partial charge >= 0.3 is 0 Å². The second-order valence-electron chi connectivity index (χ2n) is 6.81. The van der Waals surface area contributed by atoms with Crippen LogP contribution in [0.1, 0.15) is 21.5 Å². The molecular formula is C20H25N3O4S. The molecule has 0 bridgehead atoms. The van der Waals surface area contributed by atoms with Gasteiger partial charge in [-0.25, -0.2) is 8.42 Å². The van der Waals surface area contributed by atoms with Crippen molar-refractivity contribution in [3.05, 3.63) is 65.2 Å². The number of amides is 1. The summed E-state index contributed by atoms with van der Waals surface area (Å²) in [6.45, 7) is 4.70. The number of carbonyl (C=O) groups excluding carboxylic acids is 1. The lowest BCUT2D eigenvalue weighted by molar-refractivity contribution is 0.0342. The van der Waals surface area contributed by atoms with Crippen molar-refractivity contribution < 1.29 is 17.9 Å². The van der Waals surface area contributed by atoms with E-state index in [1.54, 1.807) is 24.3 Å². The Morgan fingerprint density at radius 2 is 1.68 bits per heavy atom. The van der Waals surface area contributed by atoms with E-state index >= 15 is 0 Å². The number of rotatable bonds is 7. The van der Waals surface area contributed by atoms with Gasteiger partial charge in [-0.15, -0.1) is 0 Å². The SMILES string of the molecule is CS(=O)(=O)Nc1ccccc1C(=O)NCc1ccc(CN2CCOCC2)cc1. The van der Waals surface area contributed by atoms with Crippen LogP contribution in [-0.4, -0.2) is 51.8 Å². The van der Waals surface area contributed by atoms with Crippen LogP contribution in [0.2, 0.25) is 0 Å². The number of hydrogen-bond donors (Lipinski definition) is 2. The molecule has 0 aliphatic carbocycles. The number of sulfonamides is 1. The van der Waals surface area contributed by atoms with Crippen molar-refractivity contribution in [2.45, 2.75) is 13.1 Å². The molecule has 0 aromatic heterocycles. The second kappa shape index (κ2) is 9.18. The van der Waals surface area contributed by atoms with E-state index in [-0.39, 0.29) is 17.2 Å². The quantitative estimate of drug-likeness (QED) is 0.736. The van der Waals surface area contributed by atoms with Crippen LogP contribution in [0.15, 0.2) is 48.5 Å². The highest BCUT2D eigenvalue weighted by molar-refractivity contribution is 7.92. The summed E-state index contributed by atoms with van der Waals surface area (Å²) in [4.78, 5) is 14.8. The minimum Gasteiger partial charge on any atom is -0.379 e. The average Bonchev–Trinajstić information content (AvgIpc) is 2.67. The maximum absolute atomic E-state index is 12.5. The highest BCUT2D eigenvalue weighted by Gasteiger charge is 2.14. The lowest BCUT2D eigenvalue weighted by Crippen LogP contribution is -2.35. The Hall–Kier alpha value is -2.42. The predicted molar refractivity (Wildman–Crippen MR) is 109 cm³/mol. The number of nitrogens with zero attached hydrogens (tertiary/aromatic N) is 1. The summed E-state index contributed by atoms with van der Waals surface area (Å²) in [5.41, 5.74) is 2.76. The third-order valence-corrected chi connectivity index (χ3v) is 5.04. The van der Waals surface area contributed by atoms with E-state index in [9.17, 15) is 13.2 Å². The monoisotopic (exact) mass is 403 g/mol. The van der Waals surface area contributed by atoms with E-state index in [0.29, 0.717) is 6.54 Å². The lowest BCUT2D eigenvalue weighted by Gasteiger charge is -2.26. The van der Waals surface area contributed by atoms with Crippen molar-refractivity contribution in [1.82, 2.24) is 10.2 Å². The van der Waals surface area contributed by atoms with Gasteiger partial charge in [0.05, 0.1) is 30.7 Å².